The second-order valence-electron chi connectivity index (χ2n) is 6.23. The van der Waals surface area contributed by atoms with Gasteiger partial charge < -0.3 is 19.3 Å². The number of hydrogen-bond acceptors (Lipinski definition) is 4. The Labute approximate surface area is 160 Å². The van der Waals surface area contributed by atoms with E-state index < -0.39 is 0 Å². The summed E-state index contributed by atoms with van der Waals surface area (Å²) < 4.78 is 17.7. The monoisotopic (exact) mass is 364 g/mol. The lowest BCUT2D eigenvalue weighted by atomic mass is 10.1. The van der Waals surface area contributed by atoms with Gasteiger partial charge in [0.15, 0.2) is 11.5 Å². The Hall–Kier alpha value is -2.98. The van der Waals surface area contributed by atoms with Gasteiger partial charge in [-0.25, -0.2) is 0 Å². The van der Waals surface area contributed by atoms with Crippen LogP contribution in [0.15, 0.2) is 66.7 Å². The number of ether oxygens (including phenoxy) is 3. The van der Waals surface area contributed by atoms with Crippen molar-refractivity contribution >= 4 is 0 Å². The van der Waals surface area contributed by atoms with E-state index >= 15 is 0 Å². The van der Waals surface area contributed by atoms with Crippen LogP contribution in [0.3, 0.4) is 0 Å². The molecular formula is C23H24O4. The van der Waals surface area contributed by atoms with Crippen LogP contribution in [0, 0.1) is 6.92 Å². The number of aliphatic hydroxyl groups is 1. The summed E-state index contributed by atoms with van der Waals surface area (Å²) in [4.78, 5) is 0. The van der Waals surface area contributed by atoms with Crippen molar-refractivity contribution in [2.45, 2.75) is 26.7 Å². The van der Waals surface area contributed by atoms with Crippen molar-refractivity contribution in [3.05, 3.63) is 89.0 Å². The second kappa shape index (κ2) is 9.10. The molecule has 140 valence electrons. The average Bonchev–Trinajstić information content (AvgIpc) is 2.72. The first-order chi connectivity index (χ1) is 13.2. The molecule has 0 bridgehead atoms. The van der Waals surface area contributed by atoms with Crippen LogP contribution in [0.5, 0.6) is 17.2 Å². The Morgan fingerprint density at radius 1 is 0.778 bits per heavy atom. The van der Waals surface area contributed by atoms with Gasteiger partial charge >= 0.3 is 0 Å². The van der Waals surface area contributed by atoms with Crippen LogP contribution in [0.4, 0.5) is 0 Å². The molecule has 0 saturated carbocycles. The minimum absolute atomic E-state index is 0.0944. The van der Waals surface area contributed by atoms with Crippen molar-refractivity contribution in [1.82, 2.24) is 0 Å². The first-order valence-electron chi connectivity index (χ1n) is 8.87. The molecular weight excluding hydrogens is 340 g/mol. The van der Waals surface area contributed by atoms with Crippen LogP contribution in [0.1, 0.15) is 22.3 Å². The highest BCUT2D eigenvalue weighted by Crippen LogP contribution is 2.42. The minimum Gasteiger partial charge on any atom is -0.492 e. The first-order valence-corrected chi connectivity index (χ1v) is 8.87. The van der Waals surface area contributed by atoms with Crippen LogP contribution < -0.4 is 14.2 Å². The Morgan fingerprint density at radius 3 is 1.85 bits per heavy atom. The van der Waals surface area contributed by atoms with Gasteiger partial charge in [0.1, 0.15) is 13.2 Å². The van der Waals surface area contributed by atoms with Crippen LogP contribution >= 0.6 is 0 Å². The van der Waals surface area contributed by atoms with Gasteiger partial charge in [0.2, 0.25) is 5.75 Å². The molecule has 0 aliphatic heterocycles. The fourth-order valence-corrected chi connectivity index (χ4v) is 2.88. The Balaban J connectivity index is 1.90. The number of benzene rings is 3. The summed E-state index contributed by atoms with van der Waals surface area (Å²) in [6.07, 6.45) is 0. The van der Waals surface area contributed by atoms with Gasteiger partial charge in [-0.1, -0.05) is 60.7 Å². The molecule has 0 heterocycles. The molecule has 0 atom stereocenters. The highest BCUT2D eigenvalue weighted by Gasteiger charge is 2.19. The molecule has 0 aliphatic rings. The Bertz CT molecular complexity index is 861. The fraction of sp³-hybridized carbons (Fsp3) is 0.217. The highest BCUT2D eigenvalue weighted by atomic mass is 16.5. The highest BCUT2D eigenvalue weighted by molar-refractivity contribution is 5.58. The van der Waals surface area contributed by atoms with E-state index in [1.165, 1.54) is 0 Å². The normalized spacial score (nSPS) is 10.5. The fourth-order valence-electron chi connectivity index (χ4n) is 2.88. The maximum atomic E-state index is 9.69. The molecule has 3 aromatic carbocycles. The average molecular weight is 364 g/mol. The number of hydrogen-bond donors (Lipinski definition) is 1. The molecule has 0 saturated heterocycles. The van der Waals surface area contributed by atoms with E-state index in [1.807, 2.05) is 73.7 Å². The number of methoxy groups -OCH3 is 1. The van der Waals surface area contributed by atoms with Gasteiger partial charge in [-0.3, -0.25) is 0 Å². The zero-order chi connectivity index (χ0) is 19.1. The van der Waals surface area contributed by atoms with Crippen molar-refractivity contribution < 1.29 is 19.3 Å². The number of rotatable bonds is 8. The lowest BCUT2D eigenvalue weighted by molar-refractivity contribution is 0.239. The molecule has 0 radical (unpaired) electrons. The van der Waals surface area contributed by atoms with Crippen molar-refractivity contribution in [1.29, 1.82) is 0 Å². The zero-order valence-corrected chi connectivity index (χ0v) is 15.6. The molecule has 0 unspecified atom stereocenters. The second-order valence-corrected chi connectivity index (χ2v) is 6.23. The summed E-state index contributed by atoms with van der Waals surface area (Å²) in [6, 6.07) is 21.7. The van der Waals surface area contributed by atoms with Crippen molar-refractivity contribution in [3.63, 3.8) is 0 Å². The third kappa shape index (κ3) is 4.60. The van der Waals surface area contributed by atoms with Crippen molar-refractivity contribution in [3.8, 4) is 17.2 Å². The minimum atomic E-state index is -0.0944. The smallest absolute Gasteiger partial charge is 0.204 e. The first kappa shape index (κ1) is 18.8. The summed E-state index contributed by atoms with van der Waals surface area (Å²) in [5.41, 5.74) is 3.70. The predicted molar refractivity (Wildman–Crippen MR) is 105 cm³/mol. The maximum Gasteiger partial charge on any atom is 0.204 e. The van der Waals surface area contributed by atoms with E-state index in [0.29, 0.717) is 30.5 Å². The summed E-state index contributed by atoms with van der Waals surface area (Å²) in [5.74, 6) is 1.69. The van der Waals surface area contributed by atoms with Crippen LogP contribution in [0.25, 0.3) is 0 Å². The maximum absolute atomic E-state index is 9.69. The lowest BCUT2D eigenvalue weighted by Gasteiger charge is -2.19. The molecule has 3 aromatic rings. The number of aliphatic hydroxyl groups excluding tert-OH is 1. The van der Waals surface area contributed by atoms with Gasteiger partial charge in [-0.2, -0.15) is 0 Å². The molecule has 1 N–H and O–H groups in total. The van der Waals surface area contributed by atoms with E-state index in [9.17, 15) is 5.11 Å². The van der Waals surface area contributed by atoms with E-state index in [2.05, 4.69) is 0 Å². The van der Waals surface area contributed by atoms with E-state index in [0.717, 1.165) is 22.3 Å². The van der Waals surface area contributed by atoms with Gasteiger partial charge in [0.05, 0.1) is 13.7 Å². The molecule has 4 nitrogen and oxygen atoms in total. The van der Waals surface area contributed by atoms with Gasteiger partial charge in [-0.15, -0.1) is 0 Å². The molecule has 0 aromatic heterocycles. The topological polar surface area (TPSA) is 47.9 Å². The zero-order valence-electron chi connectivity index (χ0n) is 15.6. The summed E-state index contributed by atoms with van der Waals surface area (Å²) in [6.45, 7) is 2.61. The molecule has 27 heavy (non-hydrogen) atoms. The summed E-state index contributed by atoms with van der Waals surface area (Å²) in [7, 11) is 1.60. The Kier molecular flexibility index (Phi) is 6.34. The van der Waals surface area contributed by atoms with Crippen molar-refractivity contribution in [2.75, 3.05) is 7.11 Å². The predicted octanol–water partition coefficient (Wildman–Crippen LogP) is 4.65. The van der Waals surface area contributed by atoms with Crippen LogP contribution in [-0.2, 0) is 19.8 Å². The molecule has 0 fully saturated rings. The van der Waals surface area contributed by atoms with Crippen molar-refractivity contribution in [2.24, 2.45) is 0 Å². The summed E-state index contributed by atoms with van der Waals surface area (Å²) in [5, 5.41) is 9.69. The SMILES string of the molecule is COc1c(C)c(CO)cc(OCc2ccccc2)c1OCc1ccccc1. The quantitative estimate of drug-likeness (QED) is 0.632. The van der Waals surface area contributed by atoms with Crippen LogP contribution in [-0.4, -0.2) is 12.2 Å². The molecule has 3 rings (SSSR count). The summed E-state index contributed by atoms with van der Waals surface area (Å²) >= 11 is 0. The Morgan fingerprint density at radius 2 is 1.33 bits per heavy atom. The third-order valence-corrected chi connectivity index (χ3v) is 4.40. The van der Waals surface area contributed by atoms with Gasteiger partial charge in [-0.05, 0) is 29.7 Å². The molecule has 0 aliphatic carbocycles. The molecule has 0 spiro atoms. The molecule has 0 amide bonds. The lowest BCUT2D eigenvalue weighted by Crippen LogP contribution is -2.05. The largest absolute Gasteiger partial charge is 0.492 e. The van der Waals surface area contributed by atoms with E-state index in [4.69, 9.17) is 14.2 Å². The molecule has 4 heteroatoms. The van der Waals surface area contributed by atoms with E-state index in [-0.39, 0.29) is 6.61 Å². The van der Waals surface area contributed by atoms with Gasteiger partial charge in [0.25, 0.3) is 0 Å². The van der Waals surface area contributed by atoms with Gasteiger partial charge in [0, 0.05) is 5.56 Å². The van der Waals surface area contributed by atoms with Crippen LogP contribution in [0.2, 0.25) is 0 Å². The standard InChI is InChI=1S/C23H24O4/c1-17-20(14-24)13-21(26-15-18-9-5-3-6-10-18)23(22(17)25-2)27-16-19-11-7-4-8-12-19/h3-13,24H,14-16H2,1-2H3. The van der Waals surface area contributed by atoms with E-state index in [1.54, 1.807) is 7.11 Å². The third-order valence-electron chi connectivity index (χ3n) is 4.40.